The summed E-state index contributed by atoms with van der Waals surface area (Å²) in [4.78, 5) is 117. The molecule has 23 heteroatoms. The molecule has 1 aromatic carbocycles. The Labute approximate surface area is 358 Å². The number of aromatic amines is 1. The number of imidazole rings is 1. The predicted octanol–water partition coefficient (Wildman–Crippen LogP) is -3.28. The SMILES string of the molecule is CC(C)C[C@H](NC(=O)[C@@H]1CCCN1C(=O)[C@H](CCC(N)=O)NC(=O)[C@H](Cc1ccc(O)cc1)NC(=O)CN)C(=O)N[C@@H](CCCN=C(N)N)C(=O)N[C@@H](Cc1cnc[nH]1)C(=O)O. The Hall–Kier alpha value is -6.78. The van der Waals surface area contributed by atoms with Gasteiger partial charge in [0.05, 0.1) is 12.9 Å². The maximum Gasteiger partial charge on any atom is 0.326 e. The zero-order valence-corrected chi connectivity index (χ0v) is 34.8. The number of aromatic nitrogens is 2. The number of carboxylic acid groups (broad SMARTS) is 1. The van der Waals surface area contributed by atoms with Crippen LogP contribution in [0.25, 0.3) is 0 Å². The van der Waals surface area contributed by atoms with Gasteiger partial charge in [0.15, 0.2) is 5.96 Å². The van der Waals surface area contributed by atoms with Crippen molar-refractivity contribution in [2.45, 2.75) is 108 Å². The molecule has 0 saturated carbocycles. The molecule has 3 rings (SSSR count). The third-order valence-electron chi connectivity index (χ3n) is 9.86. The first-order valence-corrected chi connectivity index (χ1v) is 20.2. The Bertz CT molecular complexity index is 1890. The number of aromatic hydroxyl groups is 1. The predicted molar refractivity (Wildman–Crippen MR) is 223 cm³/mol. The maximum atomic E-state index is 14.2. The fraction of sp³-hybridized carbons (Fsp3) is 0.538. The van der Waals surface area contributed by atoms with Crippen molar-refractivity contribution < 1.29 is 48.6 Å². The van der Waals surface area contributed by atoms with E-state index in [0.29, 0.717) is 17.7 Å². The molecule has 340 valence electrons. The number of likely N-dealkylation sites (tertiary alicyclic amines) is 1. The number of phenolic OH excluding ortho intramolecular Hbond substituents is 1. The second-order valence-electron chi connectivity index (χ2n) is 15.3. The minimum Gasteiger partial charge on any atom is -0.508 e. The molecule has 0 radical (unpaired) electrons. The molecule has 2 heterocycles. The van der Waals surface area contributed by atoms with Crippen molar-refractivity contribution in [3.63, 3.8) is 0 Å². The standard InChI is InChI=1S/C39H59N13O10/c1-21(2)15-27(34(57)48-25(5-3-13-45-39(42)43)33(56)51-29(38(61)62)17-23-19-44-20-46-23)50-36(59)30-6-4-14-52(30)37(60)26(11-12-31(41)54)49-35(58)28(47-32(55)18-40)16-22-7-9-24(53)10-8-22/h7-10,19-21,25-30,53H,3-6,11-18,40H2,1-2H3,(H2,41,54)(H,44,46)(H,47,55)(H,48,57)(H,49,58)(H,50,59)(H,51,56)(H,61,62)(H4,42,43,45)/t25-,26-,27-,28-,29-,30-/m0/s1. The first-order chi connectivity index (χ1) is 29.4. The third kappa shape index (κ3) is 16.3. The van der Waals surface area contributed by atoms with Gasteiger partial charge in [0.2, 0.25) is 41.4 Å². The van der Waals surface area contributed by atoms with Crippen molar-refractivity contribution >= 4 is 53.3 Å². The molecule has 0 aliphatic carbocycles. The number of carboxylic acids is 1. The van der Waals surface area contributed by atoms with Gasteiger partial charge in [-0.3, -0.25) is 38.6 Å². The molecule has 0 unspecified atom stereocenters. The van der Waals surface area contributed by atoms with Crippen LogP contribution in [0.1, 0.15) is 70.1 Å². The molecule has 2 aromatic rings. The van der Waals surface area contributed by atoms with E-state index in [0.717, 1.165) is 0 Å². The third-order valence-corrected chi connectivity index (χ3v) is 9.86. The number of guanidine groups is 1. The number of amides is 7. The number of benzene rings is 1. The Balaban J connectivity index is 1.82. The van der Waals surface area contributed by atoms with Crippen LogP contribution >= 0.6 is 0 Å². The van der Waals surface area contributed by atoms with Gasteiger partial charge < -0.3 is 69.6 Å². The zero-order chi connectivity index (χ0) is 45.9. The van der Waals surface area contributed by atoms with Gasteiger partial charge in [0.1, 0.15) is 42.0 Å². The van der Waals surface area contributed by atoms with E-state index in [-0.39, 0.29) is 82.1 Å². The van der Waals surface area contributed by atoms with Crippen LogP contribution in [0.5, 0.6) is 5.75 Å². The number of aliphatic imine (C=N–C) groups is 1. The first kappa shape index (κ1) is 49.6. The number of hydrogen-bond donors (Lipinski definition) is 12. The Morgan fingerprint density at radius 3 is 2.10 bits per heavy atom. The van der Waals surface area contributed by atoms with E-state index in [1.807, 2.05) is 0 Å². The number of hydrogen-bond acceptors (Lipinski definition) is 12. The van der Waals surface area contributed by atoms with Crippen LogP contribution in [0, 0.1) is 5.92 Å². The van der Waals surface area contributed by atoms with Gasteiger partial charge in [-0.25, -0.2) is 9.78 Å². The molecule has 1 aromatic heterocycles. The first-order valence-electron chi connectivity index (χ1n) is 20.2. The molecule has 1 fully saturated rings. The fourth-order valence-corrected chi connectivity index (χ4v) is 6.75. The number of primary amides is 1. The van der Waals surface area contributed by atoms with Crippen LogP contribution in [0.15, 0.2) is 41.8 Å². The quantitative estimate of drug-likeness (QED) is 0.0265. The summed E-state index contributed by atoms with van der Waals surface area (Å²) in [6.07, 6.45) is 2.90. The average Bonchev–Trinajstić information content (AvgIpc) is 3.93. The second kappa shape index (κ2) is 24.5. The molecular weight excluding hydrogens is 811 g/mol. The van der Waals surface area contributed by atoms with Gasteiger partial charge in [0, 0.05) is 44.2 Å². The van der Waals surface area contributed by atoms with Gasteiger partial charge in [0.25, 0.3) is 0 Å². The number of carbonyl (C=O) groups excluding carboxylic acids is 7. The summed E-state index contributed by atoms with van der Waals surface area (Å²) < 4.78 is 0. The molecule has 7 amide bonds. The molecule has 16 N–H and O–H groups in total. The molecule has 6 atom stereocenters. The summed E-state index contributed by atoms with van der Waals surface area (Å²) in [5.74, 6) is -6.87. The number of phenols is 1. The van der Waals surface area contributed by atoms with Crippen LogP contribution < -0.4 is 49.5 Å². The average molecular weight is 870 g/mol. The number of rotatable bonds is 25. The van der Waals surface area contributed by atoms with Crippen LogP contribution in [0.4, 0.5) is 0 Å². The summed E-state index contributed by atoms with van der Waals surface area (Å²) in [6.45, 7) is 3.36. The minimum atomic E-state index is -1.39. The summed E-state index contributed by atoms with van der Waals surface area (Å²) >= 11 is 0. The van der Waals surface area contributed by atoms with Crippen LogP contribution in [0.2, 0.25) is 0 Å². The molecule has 62 heavy (non-hydrogen) atoms. The molecular formula is C39H59N13O10. The van der Waals surface area contributed by atoms with Gasteiger partial charge >= 0.3 is 5.97 Å². The zero-order valence-electron chi connectivity index (χ0n) is 34.8. The van der Waals surface area contributed by atoms with E-state index >= 15 is 0 Å². The minimum absolute atomic E-state index is 0.0118. The summed E-state index contributed by atoms with van der Waals surface area (Å²) in [5, 5.41) is 32.5. The highest BCUT2D eigenvalue weighted by molar-refractivity contribution is 5.97. The molecule has 1 saturated heterocycles. The van der Waals surface area contributed by atoms with E-state index in [4.69, 9.17) is 22.9 Å². The van der Waals surface area contributed by atoms with Gasteiger partial charge in [-0.2, -0.15) is 0 Å². The largest absolute Gasteiger partial charge is 0.508 e. The number of H-pyrrole nitrogens is 1. The Kier molecular flexibility index (Phi) is 19.6. The molecule has 1 aliphatic heterocycles. The van der Waals surface area contributed by atoms with Crippen molar-refractivity contribution in [2.75, 3.05) is 19.6 Å². The fourth-order valence-electron chi connectivity index (χ4n) is 6.75. The lowest BCUT2D eigenvalue weighted by atomic mass is 10.0. The van der Waals surface area contributed by atoms with Crippen LogP contribution in [0.3, 0.4) is 0 Å². The Morgan fingerprint density at radius 1 is 0.855 bits per heavy atom. The molecule has 1 aliphatic rings. The highest BCUT2D eigenvalue weighted by atomic mass is 16.4. The van der Waals surface area contributed by atoms with Crippen molar-refractivity contribution in [1.29, 1.82) is 0 Å². The Morgan fingerprint density at radius 2 is 1.50 bits per heavy atom. The number of aliphatic carboxylic acids is 1. The van der Waals surface area contributed by atoms with E-state index in [2.05, 4.69) is 41.5 Å². The lowest BCUT2D eigenvalue weighted by Crippen LogP contribution is -2.59. The van der Waals surface area contributed by atoms with Crippen molar-refractivity contribution in [2.24, 2.45) is 33.8 Å². The summed E-state index contributed by atoms with van der Waals surface area (Å²) in [6, 6.07) is -1.69. The number of nitrogens with zero attached hydrogens (tertiary/aromatic N) is 3. The highest BCUT2D eigenvalue weighted by Crippen LogP contribution is 2.21. The van der Waals surface area contributed by atoms with E-state index in [9.17, 15) is 48.6 Å². The monoisotopic (exact) mass is 869 g/mol. The van der Waals surface area contributed by atoms with E-state index in [1.165, 1.54) is 29.6 Å². The lowest BCUT2D eigenvalue weighted by molar-refractivity contribution is -0.143. The van der Waals surface area contributed by atoms with Crippen molar-refractivity contribution in [3.05, 3.63) is 48.0 Å². The molecule has 0 bridgehead atoms. The van der Waals surface area contributed by atoms with Gasteiger partial charge in [-0.15, -0.1) is 0 Å². The number of carbonyl (C=O) groups is 8. The normalized spacial score (nSPS) is 15.9. The number of nitrogens with one attached hydrogen (secondary N) is 6. The molecule has 23 nitrogen and oxygen atoms in total. The highest BCUT2D eigenvalue weighted by Gasteiger charge is 2.40. The topological polar surface area (TPSA) is 386 Å². The smallest absolute Gasteiger partial charge is 0.326 e. The van der Waals surface area contributed by atoms with Gasteiger partial charge in [-0.1, -0.05) is 26.0 Å². The second-order valence-corrected chi connectivity index (χ2v) is 15.3. The van der Waals surface area contributed by atoms with Crippen molar-refractivity contribution in [3.8, 4) is 5.75 Å². The summed E-state index contributed by atoms with van der Waals surface area (Å²) in [7, 11) is 0. The van der Waals surface area contributed by atoms with Gasteiger partial charge in [-0.05, 0) is 62.1 Å². The maximum absolute atomic E-state index is 14.2. The molecule has 0 spiro atoms. The van der Waals surface area contributed by atoms with Crippen LogP contribution in [-0.2, 0) is 51.2 Å². The number of nitrogens with two attached hydrogens (primary N) is 4. The lowest BCUT2D eigenvalue weighted by Gasteiger charge is -2.31. The van der Waals surface area contributed by atoms with E-state index < -0.39 is 90.1 Å². The van der Waals surface area contributed by atoms with Crippen LogP contribution in [-0.4, -0.2) is 134 Å². The van der Waals surface area contributed by atoms with Crippen molar-refractivity contribution in [1.82, 2.24) is 41.5 Å². The summed E-state index contributed by atoms with van der Waals surface area (Å²) in [5.41, 5.74) is 22.8. The van der Waals surface area contributed by atoms with E-state index in [1.54, 1.807) is 26.0 Å².